The molecule has 2 heteroatoms. The summed E-state index contributed by atoms with van der Waals surface area (Å²) < 4.78 is 0. The quantitative estimate of drug-likeness (QED) is 0.584. The molecule has 0 fully saturated rings. The number of nitrogens with two attached hydrogens (primary N) is 1. The topological polar surface area (TPSA) is 38.0 Å². The van der Waals surface area contributed by atoms with Gasteiger partial charge in [0.05, 0.1) is 0 Å². The third-order valence-electron chi connectivity index (χ3n) is 2.73. The minimum absolute atomic E-state index is 0.875. The van der Waals surface area contributed by atoms with Crippen molar-refractivity contribution in [3.8, 4) is 0 Å². The smallest absolute Gasteiger partial charge is 0.0346 e. The molecule has 0 aliphatic rings. The summed E-state index contributed by atoms with van der Waals surface area (Å²) in [6, 6.07) is 4.05. The van der Waals surface area contributed by atoms with Crippen LogP contribution in [0, 0.1) is 13.8 Å². The highest BCUT2D eigenvalue weighted by Crippen LogP contribution is 2.20. The van der Waals surface area contributed by atoms with E-state index in [2.05, 4.69) is 37.4 Å². The number of anilines is 1. The number of rotatable bonds is 4. The summed E-state index contributed by atoms with van der Waals surface area (Å²) in [6.45, 7) is 5.20. The van der Waals surface area contributed by atoms with Gasteiger partial charge in [0.2, 0.25) is 0 Å². The Labute approximate surface area is 92.2 Å². The van der Waals surface area contributed by atoms with Crippen LogP contribution in [0.15, 0.2) is 18.2 Å². The van der Waals surface area contributed by atoms with E-state index in [0.717, 1.165) is 18.7 Å². The maximum absolute atomic E-state index is 5.83. The largest absolute Gasteiger partial charge is 0.399 e. The summed E-state index contributed by atoms with van der Waals surface area (Å²) in [6.07, 6.45) is 5.41. The van der Waals surface area contributed by atoms with Crippen molar-refractivity contribution in [3.05, 3.63) is 34.9 Å². The summed E-state index contributed by atoms with van der Waals surface area (Å²) in [7, 11) is 1.96. The summed E-state index contributed by atoms with van der Waals surface area (Å²) in [5, 5.41) is 3.12. The molecule has 0 radical (unpaired) electrons. The van der Waals surface area contributed by atoms with Crippen LogP contribution >= 0.6 is 0 Å². The van der Waals surface area contributed by atoms with E-state index in [1.807, 2.05) is 13.1 Å². The van der Waals surface area contributed by atoms with E-state index < -0.39 is 0 Å². The van der Waals surface area contributed by atoms with Crippen molar-refractivity contribution in [2.24, 2.45) is 0 Å². The number of hydrogen-bond acceptors (Lipinski definition) is 2. The van der Waals surface area contributed by atoms with Gasteiger partial charge in [0.1, 0.15) is 0 Å². The van der Waals surface area contributed by atoms with E-state index in [0.29, 0.717) is 0 Å². The van der Waals surface area contributed by atoms with Gasteiger partial charge < -0.3 is 11.1 Å². The maximum atomic E-state index is 5.83. The van der Waals surface area contributed by atoms with Crippen molar-refractivity contribution in [2.75, 3.05) is 19.3 Å². The molecule has 0 heterocycles. The molecule has 0 aliphatic carbocycles. The average molecular weight is 204 g/mol. The first-order chi connectivity index (χ1) is 7.16. The highest BCUT2D eigenvalue weighted by atomic mass is 14.8. The Morgan fingerprint density at radius 3 is 2.67 bits per heavy atom. The first-order valence-corrected chi connectivity index (χ1v) is 5.33. The number of nitrogens with one attached hydrogen (secondary N) is 1. The van der Waals surface area contributed by atoms with E-state index in [4.69, 9.17) is 5.73 Å². The lowest BCUT2D eigenvalue weighted by atomic mass is 10.0. The lowest BCUT2D eigenvalue weighted by molar-refractivity contribution is 0.809. The first kappa shape index (κ1) is 11.8. The van der Waals surface area contributed by atoms with Crippen LogP contribution in [0.25, 0.3) is 6.08 Å². The molecule has 0 aliphatic heterocycles. The summed E-state index contributed by atoms with van der Waals surface area (Å²) >= 11 is 0. The van der Waals surface area contributed by atoms with E-state index in [9.17, 15) is 0 Å². The van der Waals surface area contributed by atoms with E-state index >= 15 is 0 Å². The fraction of sp³-hybridized carbons (Fsp3) is 0.385. The second-order valence-corrected chi connectivity index (χ2v) is 3.79. The maximum Gasteiger partial charge on any atom is 0.0346 e. The van der Waals surface area contributed by atoms with Gasteiger partial charge in [0, 0.05) is 5.69 Å². The van der Waals surface area contributed by atoms with Crippen molar-refractivity contribution in [3.63, 3.8) is 0 Å². The zero-order valence-electron chi connectivity index (χ0n) is 9.80. The summed E-state index contributed by atoms with van der Waals surface area (Å²) in [4.78, 5) is 0. The normalized spacial score (nSPS) is 11.1. The van der Waals surface area contributed by atoms with Crippen LogP contribution in [0.5, 0.6) is 0 Å². The van der Waals surface area contributed by atoms with Crippen molar-refractivity contribution in [1.82, 2.24) is 5.32 Å². The highest BCUT2D eigenvalue weighted by Gasteiger charge is 2.00. The second-order valence-electron chi connectivity index (χ2n) is 3.79. The van der Waals surface area contributed by atoms with Gasteiger partial charge in [0.25, 0.3) is 0 Å². The SMILES string of the molecule is CNCCC=Cc1ccc(N)c(C)c1C. The van der Waals surface area contributed by atoms with Crippen molar-refractivity contribution >= 4 is 11.8 Å². The standard InChI is InChI=1S/C13H20N2/c1-10-11(2)13(14)8-7-12(10)6-4-5-9-15-3/h4,6-8,15H,5,9,14H2,1-3H3. The molecule has 0 spiro atoms. The zero-order valence-corrected chi connectivity index (χ0v) is 9.80. The molecular weight excluding hydrogens is 184 g/mol. The van der Waals surface area contributed by atoms with Crippen LogP contribution in [-0.4, -0.2) is 13.6 Å². The van der Waals surface area contributed by atoms with Crippen LogP contribution in [0.4, 0.5) is 5.69 Å². The summed E-state index contributed by atoms with van der Waals surface area (Å²) in [5.74, 6) is 0. The Bertz CT molecular complexity index is 354. The van der Waals surface area contributed by atoms with Gasteiger partial charge in [-0.2, -0.15) is 0 Å². The van der Waals surface area contributed by atoms with Crippen molar-refractivity contribution in [2.45, 2.75) is 20.3 Å². The van der Waals surface area contributed by atoms with E-state index in [1.54, 1.807) is 0 Å². The molecule has 1 aromatic rings. The lowest BCUT2D eigenvalue weighted by Crippen LogP contribution is -2.05. The third kappa shape index (κ3) is 3.10. The van der Waals surface area contributed by atoms with Crippen molar-refractivity contribution < 1.29 is 0 Å². The fourth-order valence-electron chi connectivity index (χ4n) is 1.48. The van der Waals surface area contributed by atoms with Gasteiger partial charge >= 0.3 is 0 Å². The zero-order chi connectivity index (χ0) is 11.3. The van der Waals surface area contributed by atoms with E-state index in [1.165, 1.54) is 16.7 Å². The Morgan fingerprint density at radius 1 is 1.27 bits per heavy atom. The van der Waals surface area contributed by atoms with Gasteiger partial charge in [-0.05, 0) is 56.6 Å². The van der Waals surface area contributed by atoms with Gasteiger partial charge in [-0.15, -0.1) is 0 Å². The monoisotopic (exact) mass is 204 g/mol. The molecule has 15 heavy (non-hydrogen) atoms. The molecule has 82 valence electrons. The lowest BCUT2D eigenvalue weighted by Gasteiger charge is -2.07. The molecule has 1 rings (SSSR count). The van der Waals surface area contributed by atoms with E-state index in [-0.39, 0.29) is 0 Å². The number of hydrogen-bond donors (Lipinski definition) is 2. The molecule has 0 amide bonds. The molecule has 1 aromatic carbocycles. The van der Waals surface area contributed by atoms with Crippen LogP contribution < -0.4 is 11.1 Å². The first-order valence-electron chi connectivity index (χ1n) is 5.33. The molecule has 2 nitrogen and oxygen atoms in total. The van der Waals surface area contributed by atoms with Crippen LogP contribution in [0.1, 0.15) is 23.1 Å². The van der Waals surface area contributed by atoms with Gasteiger partial charge in [0.15, 0.2) is 0 Å². The minimum atomic E-state index is 0.875. The molecule has 0 bridgehead atoms. The van der Waals surface area contributed by atoms with Gasteiger partial charge in [-0.1, -0.05) is 18.2 Å². The number of benzene rings is 1. The Balaban J connectivity index is 2.78. The minimum Gasteiger partial charge on any atom is -0.399 e. The predicted molar refractivity (Wildman–Crippen MR) is 67.9 cm³/mol. The fourth-order valence-corrected chi connectivity index (χ4v) is 1.48. The van der Waals surface area contributed by atoms with Crippen LogP contribution in [0.3, 0.4) is 0 Å². The second kappa shape index (κ2) is 5.56. The molecule has 0 saturated carbocycles. The van der Waals surface area contributed by atoms with Crippen LogP contribution in [-0.2, 0) is 0 Å². The Hall–Kier alpha value is -1.28. The molecule has 0 aromatic heterocycles. The van der Waals surface area contributed by atoms with Crippen LogP contribution in [0.2, 0.25) is 0 Å². The molecular formula is C13H20N2. The molecule has 0 unspecified atom stereocenters. The van der Waals surface area contributed by atoms with Gasteiger partial charge in [-0.3, -0.25) is 0 Å². The third-order valence-corrected chi connectivity index (χ3v) is 2.73. The molecule has 0 atom stereocenters. The summed E-state index contributed by atoms with van der Waals surface area (Å²) in [5.41, 5.74) is 10.4. The van der Waals surface area contributed by atoms with Gasteiger partial charge in [-0.25, -0.2) is 0 Å². The van der Waals surface area contributed by atoms with Crippen molar-refractivity contribution in [1.29, 1.82) is 0 Å². The molecule has 0 saturated heterocycles. The number of nitrogen functional groups attached to an aromatic ring is 1. The Kier molecular flexibility index (Phi) is 4.37. The highest BCUT2D eigenvalue weighted by molar-refractivity contribution is 5.62. The molecule has 3 N–H and O–H groups in total. The average Bonchev–Trinajstić information content (AvgIpc) is 2.24. The Morgan fingerprint density at radius 2 is 2.00 bits per heavy atom. The predicted octanol–water partition coefficient (Wildman–Crippen LogP) is 2.51.